The number of aliphatic carboxylic acids is 1. The largest absolute Gasteiger partial charge is 0.504 e. The van der Waals surface area contributed by atoms with Crippen LogP contribution in [0.4, 0.5) is 0 Å². The van der Waals surface area contributed by atoms with Gasteiger partial charge in [0, 0.05) is 5.75 Å². The Kier molecular flexibility index (Phi) is 4.34. The molecular formula is C15H14N2O6S. The zero-order valence-corrected chi connectivity index (χ0v) is 13.2. The van der Waals surface area contributed by atoms with E-state index in [-0.39, 0.29) is 23.8 Å². The number of hydrogen-bond donors (Lipinski definition) is 3. The lowest BCUT2D eigenvalue weighted by Gasteiger charge is -2.48. The third-order valence-electron chi connectivity index (χ3n) is 3.61. The Morgan fingerprint density at radius 2 is 2.12 bits per heavy atom. The molecule has 8 nitrogen and oxygen atoms in total. The van der Waals surface area contributed by atoms with E-state index in [1.165, 1.54) is 34.9 Å². The summed E-state index contributed by atoms with van der Waals surface area (Å²) in [7, 11) is 0. The van der Waals surface area contributed by atoms with Crippen LogP contribution in [0.1, 0.15) is 0 Å². The summed E-state index contributed by atoms with van der Waals surface area (Å²) < 4.78 is 5.20. The molecule has 126 valence electrons. The second-order valence-electron chi connectivity index (χ2n) is 5.13. The lowest BCUT2D eigenvalue weighted by Crippen LogP contribution is -2.70. The van der Waals surface area contributed by atoms with Gasteiger partial charge in [0.2, 0.25) is 0 Å². The molecular weight excluding hydrogens is 336 g/mol. The van der Waals surface area contributed by atoms with Crippen LogP contribution in [-0.4, -0.2) is 56.7 Å². The quantitative estimate of drug-likeness (QED) is 0.647. The van der Waals surface area contributed by atoms with E-state index in [4.69, 9.17) is 9.84 Å². The minimum Gasteiger partial charge on any atom is -0.504 e. The molecule has 1 unspecified atom stereocenters. The molecule has 3 rings (SSSR count). The summed E-state index contributed by atoms with van der Waals surface area (Å²) >= 11 is 1.37. The number of ether oxygens (including phenoxy) is 1. The Morgan fingerprint density at radius 3 is 2.83 bits per heavy atom. The first-order valence-corrected chi connectivity index (χ1v) is 8.12. The van der Waals surface area contributed by atoms with Crippen LogP contribution in [0.2, 0.25) is 0 Å². The average molecular weight is 350 g/mol. The lowest BCUT2D eigenvalue weighted by atomic mass is 10.1. The minimum atomic E-state index is -1.17. The minimum absolute atomic E-state index is 0.0558. The van der Waals surface area contributed by atoms with E-state index < -0.39 is 29.2 Å². The van der Waals surface area contributed by atoms with E-state index in [9.17, 15) is 19.5 Å². The van der Waals surface area contributed by atoms with Crippen molar-refractivity contribution in [2.24, 2.45) is 0 Å². The molecule has 1 saturated heterocycles. The van der Waals surface area contributed by atoms with Crippen molar-refractivity contribution in [3.8, 4) is 11.5 Å². The smallest absolute Gasteiger partial charge is 0.352 e. The number of carboxylic acid groups (broad SMARTS) is 1. The van der Waals surface area contributed by atoms with Crippen molar-refractivity contribution in [2.75, 3.05) is 12.4 Å². The summed E-state index contributed by atoms with van der Waals surface area (Å²) in [4.78, 5) is 36.3. The maximum absolute atomic E-state index is 12.1. The number of aromatic hydroxyl groups is 1. The van der Waals surface area contributed by atoms with Crippen LogP contribution in [0.5, 0.6) is 11.5 Å². The van der Waals surface area contributed by atoms with Gasteiger partial charge < -0.3 is 20.3 Å². The van der Waals surface area contributed by atoms with Crippen LogP contribution in [0, 0.1) is 0 Å². The molecule has 24 heavy (non-hydrogen) atoms. The summed E-state index contributed by atoms with van der Waals surface area (Å²) in [6, 6.07) is 5.44. The van der Waals surface area contributed by atoms with Gasteiger partial charge in [-0.25, -0.2) is 4.79 Å². The number of thioether (sulfide) groups is 1. The summed E-state index contributed by atoms with van der Waals surface area (Å²) in [6.45, 7) is -0.361. The van der Waals surface area contributed by atoms with E-state index >= 15 is 0 Å². The number of carbonyl (C=O) groups excluding carboxylic acids is 2. The molecule has 0 bridgehead atoms. The molecule has 2 heterocycles. The number of phenolic OH excluding ortho intramolecular Hbond substituents is 1. The van der Waals surface area contributed by atoms with E-state index in [1.54, 1.807) is 12.1 Å². The molecule has 0 radical (unpaired) electrons. The second-order valence-corrected chi connectivity index (χ2v) is 6.28. The summed E-state index contributed by atoms with van der Waals surface area (Å²) in [5.74, 6) is -1.62. The molecule has 0 aromatic heterocycles. The Balaban J connectivity index is 1.57. The standard InChI is InChI=1S/C15H14N2O6S/c18-9-3-1-2-4-10(9)23-7-11(19)16-12-13(20)17-8(15(21)22)5-6-24-14(12)17/h1-5,12,14,18H,6-7H2,(H,16,19)(H,21,22)/t12?,14-/m0/s1. The maximum Gasteiger partial charge on any atom is 0.352 e. The number of fused-ring (bicyclic) bond motifs is 1. The highest BCUT2D eigenvalue weighted by Gasteiger charge is 2.52. The fourth-order valence-corrected chi connectivity index (χ4v) is 3.67. The molecule has 2 aliphatic heterocycles. The lowest BCUT2D eigenvalue weighted by molar-refractivity contribution is -0.150. The first-order valence-electron chi connectivity index (χ1n) is 7.07. The van der Waals surface area contributed by atoms with Gasteiger partial charge in [-0.15, -0.1) is 11.8 Å². The van der Waals surface area contributed by atoms with E-state index in [0.717, 1.165) is 0 Å². The van der Waals surface area contributed by atoms with Gasteiger partial charge in [-0.05, 0) is 18.2 Å². The Labute approximate surface area is 141 Å². The second kappa shape index (κ2) is 6.44. The van der Waals surface area contributed by atoms with Crippen molar-refractivity contribution in [2.45, 2.75) is 11.4 Å². The molecule has 2 amide bonds. The normalized spacial score (nSPS) is 22.1. The SMILES string of the molecule is O=C(COc1ccccc1O)NC1C(=O)N2C(C(=O)O)=CCS[C@@H]12. The third-order valence-corrected chi connectivity index (χ3v) is 4.79. The van der Waals surface area contributed by atoms with E-state index in [2.05, 4.69) is 5.32 Å². The van der Waals surface area contributed by atoms with Gasteiger partial charge in [0.25, 0.3) is 11.8 Å². The summed E-state index contributed by atoms with van der Waals surface area (Å²) in [6.07, 6.45) is 1.47. The molecule has 0 aliphatic carbocycles. The number of rotatable bonds is 5. The van der Waals surface area contributed by atoms with Crippen LogP contribution in [0.3, 0.4) is 0 Å². The predicted molar refractivity (Wildman–Crippen MR) is 84.3 cm³/mol. The molecule has 2 aliphatic rings. The highest BCUT2D eigenvalue weighted by Crippen LogP contribution is 2.37. The van der Waals surface area contributed by atoms with E-state index in [0.29, 0.717) is 5.75 Å². The van der Waals surface area contributed by atoms with Gasteiger partial charge in [0.1, 0.15) is 17.1 Å². The van der Waals surface area contributed by atoms with Crippen molar-refractivity contribution in [3.05, 3.63) is 36.0 Å². The molecule has 0 saturated carbocycles. The average Bonchev–Trinajstić information content (AvgIpc) is 2.58. The van der Waals surface area contributed by atoms with Crippen molar-refractivity contribution in [1.29, 1.82) is 0 Å². The van der Waals surface area contributed by atoms with Gasteiger partial charge in [-0.3, -0.25) is 14.5 Å². The molecule has 0 spiro atoms. The number of para-hydroxylation sites is 2. The number of nitrogens with one attached hydrogen (secondary N) is 1. The van der Waals surface area contributed by atoms with Gasteiger partial charge in [-0.2, -0.15) is 0 Å². The molecule has 1 aromatic rings. The molecule has 1 fully saturated rings. The molecule has 2 atom stereocenters. The Morgan fingerprint density at radius 1 is 1.38 bits per heavy atom. The molecule has 3 N–H and O–H groups in total. The number of hydrogen-bond acceptors (Lipinski definition) is 6. The van der Waals surface area contributed by atoms with Crippen LogP contribution >= 0.6 is 11.8 Å². The Bertz CT molecular complexity index is 734. The van der Waals surface area contributed by atoms with E-state index in [1.807, 2.05) is 0 Å². The highest BCUT2D eigenvalue weighted by molar-refractivity contribution is 8.00. The van der Waals surface area contributed by atoms with Gasteiger partial charge in [0.15, 0.2) is 18.1 Å². The first kappa shape index (κ1) is 16.2. The van der Waals surface area contributed by atoms with Crippen molar-refractivity contribution in [3.63, 3.8) is 0 Å². The number of carbonyl (C=O) groups is 3. The van der Waals surface area contributed by atoms with Crippen LogP contribution in [0.15, 0.2) is 36.0 Å². The third kappa shape index (κ3) is 2.90. The zero-order valence-electron chi connectivity index (χ0n) is 12.3. The van der Waals surface area contributed by atoms with Gasteiger partial charge in [-0.1, -0.05) is 12.1 Å². The Hall–Kier alpha value is -2.68. The van der Waals surface area contributed by atoms with Crippen molar-refractivity contribution in [1.82, 2.24) is 10.2 Å². The monoisotopic (exact) mass is 350 g/mol. The van der Waals surface area contributed by atoms with Crippen molar-refractivity contribution < 1.29 is 29.3 Å². The highest BCUT2D eigenvalue weighted by atomic mass is 32.2. The fourth-order valence-electron chi connectivity index (χ4n) is 2.48. The topological polar surface area (TPSA) is 116 Å². The fraction of sp³-hybridized carbons (Fsp3) is 0.267. The number of nitrogens with zero attached hydrogens (tertiary/aromatic N) is 1. The predicted octanol–water partition coefficient (Wildman–Crippen LogP) is 0.139. The van der Waals surface area contributed by atoms with Crippen LogP contribution in [0.25, 0.3) is 0 Å². The van der Waals surface area contributed by atoms with Crippen LogP contribution in [-0.2, 0) is 14.4 Å². The summed E-state index contributed by atoms with van der Waals surface area (Å²) in [5.41, 5.74) is -0.0558. The van der Waals surface area contributed by atoms with Crippen molar-refractivity contribution >= 4 is 29.5 Å². The molecule has 9 heteroatoms. The van der Waals surface area contributed by atoms with Gasteiger partial charge >= 0.3 is 5.97 Å². The number of β-lactam (4-membered cyclic amide) rings is 1. The number of carboxylic acids is 1. The number of benzene rings is 1. The number of phenols is 1. The number of amides is 2. The summed E-state index contributed by atoms with van der Waals surface area (Å²) in [5, 5.41) is 20.7. The maximum atomic E-state index is 12.1. The van der Waals surface area contributed by atoms with Crippen LogP contribution < -0.4 is 10.1 Å². The molecule has 1 aromatic carbocycles. The zero-order chi connectivity index (χ0) is 17.3. The first-order chi connectivity index (χ1) is 11.5. The van der Waals surface area contributed by atoms with Gasteiger partial charge in [0.05, 0.1) is 0 Å².